The van der Waals surface area contributed by atoms with Gasteiger partial charge in [0.15, 0.2) is 5.75 Å². The first-order valence-corrected chi connectivity index (χ1v) is 6.42. The Morgan fingerprint density at radius 3 is 2.20 bits per heavy atom. The summed E-state index contributed by atoms with van der Waals surface area (Å²) in [6, 6.07) is 9.28. The van der Waals surface area contributed by atoms with Gasteiger partial charge in [-0.2, -0.15) is 0 Å². The predicted molar refractivity (Wildman–Crippen MR) is 74.7 cm³/mol. The number of carbonyl (C=O) groups is 2. The molecule has 5 nitrogen and oxygen atoms in total. The number of aromatic nitrogens is 1. The summed E-state index contributed by atoms with van der Waals surface area (Å²) in [5, 5.41) is 0. The van der Waals surface area contributed by atoms with Gasteiger partial charge in [0.05, 0.1) is 18.2 Å². The Bertz CT molecular complexity index is 640. The zero-order chi connectivity index (χ0) is 14.5. The number of pyridine rings is 1. The minimum atomic E-state index is -0.532. The molecule has 102 valence electrons. The SMILES string of the molecule is COC(=O)c1ccc(C(=O)Oc2cccnc2Br)cc1. The molecule has 0 radical (unpaired) electrons. The van der Waals surface area contributed by atoms with Gasteiger partial charge in [-0.3, -0.25) is 0 Å². The first-order chi connectivity index (χ1) is 9.61. The van der Waals surface area contributed by atoms with Crippen molar-refractivity contribution in [3.05, 3.63) is 58.3 Å². The first-order valence-electron chi connectivity index (χ1n) is 5.63. The van der Waals surface area contributed by atoms with E-state index in [2.05, 4.69) is 25.7 Å². The van der Waals surface area contributed by atoms with Crippen LogP contribution in [0.1, 0.15) is 20.7 Å². The number of halogens is 1. The molecule has 6 heteroatoms. The van der Waals surface area contributed by atoms with Crippen molar-refractivity contribution < 1.29 is 19.1 Å². The van der Waals surface area contributed by atoms with Crippen molar-refractivity contribution in [1.82, 2.24) is 4.98 Å². The van der Waals surface area contributed by atoms with E-state index < -0.39 is 11.9 Å². The number of ether oxygens (including phenoxy) is 2. The molecule has 0 amide bonds. The van der Waals surface area contributed by atoms with Gasteiger partial charge >= 0.3 is 11.9 Å². The fraction of sp³-hybridized carbons (Fsp3) is 0.0714. The molecule has 0 fully saturated rings. The molecule has 0 bridgehead atoms. The van der Waals surface area contributed by atoms with Gasteiger partial charge in [0.2, 0.25) is 0 Å². The number of methoxy groups -OCH3 is 1. The highest BCUT2D eigenvalue weighted by Gasteiger charge is 2.12. The molecule has 0 aliphatic carbocycles. The zero-order valence-corrected chi connectivity index (χ0v) is 12.1. The van der Waals surface area contributed by atoms with Crippen molar-refractivity contribution in [2.24, 2.45) is 0 Å². The van der Waals surface area contributed by atoms with Gasteiger partial charge in [0, 0.05) is 6.20 Å². The van der Waals surface area contributed by atoms with Crippen LogP contribution in [0.25, 0.3) is 0 Å². The lowest BCUT2D eigenvalue weighted by Crippen LogP contribution is -2.10. The second-order valence-electron chi connectivity index (χ2n) is 3.75. The molecule has 1 aromatic heterocycles. The number of nitrogens with zero attached hydrogens (tertiary/aromatic N) is 1. The van der Waals surface area contributed by atoms with Gasteiger partial charge in [-0.25, -0.2) is 14.6 Å². The van der Waals surface area contributed by atoms with Crippen LogP contribution in [0.15, 0.2) is 47.2 Å². The lowest BCUT2D eigenvalue weighted by atomic mass is 10.1. The molecule has 0 aliphatic rings. The molecule has 0 spiro atoms. The highest BCUT2D eigenvalue weighted by molar-refractivity contribution is 9.10. The van der Waals surface area contributed by atoms with Crippen LogP contribution in [0.5, 0.6) is 5.75 Å². The zero-order valence-electron chi connectivity index (χ0n) is 10.5. The summed E-state index contributed by atoms with van der Waals surface area (Å²) >= 11 is 3.19. The summed E-state index contributed by atoms with van der Waals surface area (Å²) in [5.41, 5.74) is 0.694. The number of benzene rings is 1. The standard InChI is InChI=1S/C14H10BrNO4/c1-19-13(17)9-4-6-10(7-5-9)14(18)20-11-3-2-8-16-12(11)15/h2-8H,1H3. The van der Waals surface area contributed by atoms with E-state index in [1.54, 1.807) is 18.3 Å². The molecular weight excluding hydrogens is 326 g/mol. The average molecular weight is 336 g/mol. The van der Waals surface area contributed by atoms with Gasteiger partial charge in [-0.1, -0.05) is 0 Å². The molecule has 1 aromatic carbocycles. The topological polar surface area (TPSA) is 65.5 Å². The molecule has 0 saturated heterocycles. The first kappa shape index (κ1) is 14.2. The predicted octanol–water partition coefficient (Wildman–Crippen LogP) is 2.85. The maximum atomic E-state index is 11.9. The molecule has 20 heavy (non-hydrogen) atoms. The average Bonchev–Trinajstić information content (AvgIpc) is 2.49. The molecule has 0 aliphatic heterocycles. The Labute approximate surface area is 123 Å². The highest BCUT2D eigenvalue weighted by Crippen LogP contribution is 2.22. The number of hydrogen-bond acceptors (Lipinski definition) is 5. The molecule has 0 N–H and O–H groups in total. The van der Waals surface area contributed by atoms with Crippen LogP contribution in [0.4, 0.5) is 0 Å². The van der Waals surface area contributed by atoms with Crippen molar-refractivity contribution >= 4 is 27.9 Å². The van der Waals surface area contributed by atoms with Gasteiger partial charge in [-0.05, 0) is 52.3 Å². The van der Waals surface area contributed by atoms with Crippen molar-refractivity contribution in [3.8, 4) is 5.75 Å². The van der Waals surface area contributed by atoms with E-state index in [1.807, 2.05) is 0 Å². The number of esters is 2. The van der Waals surface area contributed by atoms with Crippen molar-refractivity contribution in [2.75, 3.05) is 7.11 Å². The number of hydrogen-bond donors (Lipinski definition) is 0. The van der Waals surface area contributed by atoms with E-state index in [0.717, 1.165) is 0 Å². The summed E-state index contributed by atoms with van der Waals surface area (Å²) in [7, 11) is 1.30. The van der Waals surface area contributed by atoms with Crippen LogP contribution >= 0.6 is 15.9 Å². The van der Waals surface area contributed by atoms with Crippen LogP contribution in [-0.2, 0) is 4.74 Å². The molecule has 1 heterocycles. The normalized spacial score (nSPS) is 9.90. The van der Waals surface area contributed by atoms with Crippen molar-refractivity contribution in [3.63, 3.8) is 0 Å². The Hall–Kier alpha value is -2.21. The lowest BCUT2D eigenvalue weighted by molar-refractivity contribution is 0.0599. The summed E-state index contributed by atoms with van der Waals surface area (Å²) < 4.78 is 10.2. The van der Waals surface area contributed by atoms with Gasteiger partial charge < -0.3 is 9.47 Å². The van der Waals surface area contributed by atoms with Crippen LogP contribution in [-0.4, -0.2) is 24.0 Å². The van der Waals surface area contributed by atoms with E-state index in [9.17, 15) is 9.59 Å². The summed E-state index contributed by atoms with van der Waals surface area (Å²) in [6.45, 7) is 0. The van der Waals surface area contributed by atoms with Crippen LogP contribution in [0.3, 0.4) is 0 Å². The maximum Gasteiger partial charge on any atom is 0.343 e. The van der Waals surface area contributed by atoms with E-state index in [-0.39, 0.29) is 0 Å². The monoisotopic (exact) mass is 335 g/mol. The highest BCUT2D eigenvalue weighted by atomic mass is 79.9. The molecule has 0 atom stereocenters. The van der Waals surface area contributed by atoms with Crippen LogP contribution in [0.2, 0.25) is 0 Å². The van der Waals surface area contributed by atoms with Crippen molar-refractivity contribution in [1.29, 1.82) is 0 Å². The molecular formula is C14H10BrNO4. The second kappa shape index (κ2) is 6.29. The summed E-state index contributed by atoms with van der Waals surface area (Å²) in [4.78, 5) is 27.2. The third-order valence-corrected chi connectivity index (χ3v) is 3.06. The fourth-order valence-electron chi connectivity index (χ4n) is 1.47. The smallest absolute Gasteiger partial charge is 0.343 e. The Morgan fingerprint density at radius 1 is 1.05 bits per heavy atom. The van der Waals surface area contributed by atoms with Crippen molar-refractivity contribution in [2.45, 2.75) is 0 Å². The van der Waals surface area contributed by atoms with E-state index in [0.29, 0.717) is 21.5 Å². The third kappa shape index (κ3) is 3.21. The molecule has 0 saturated carbocycles. The molecule has 0 unspecified atom stereocenters. The Kier molecular flexibility index (Phi) is 4.47. The van der Waals surface area contributed by atoms with Gasteiger partial charge in [-0.15, -0.1) is 0 Å². The van der Waals surface area contributed by atoms with Crippen LogP contribution < -0.4 is 4.74 Å². The van der Waals surface area contributed by atoms with Gasteiger partial charge in [0.1, 0.15) is 4.60 Å². The van der Waals surface area contributed by atoms with E-state index in [1.165, 1.54) is 31.4 Å². The molecule has 2 aromatic rings. The number of carbonyl (C=O) groups excluding carboxylic acids is 2. The quantitative estimate of drug-likeness (QED) is 0.637. The maximum absolute atomic E-state index is 11.9. The summed E-state index contributed by atoms with van der Waals surface area (Å²) in [5.74, 6) is -0.662. The minimum Gasteiger partial charge on any atom is -0.465 e. The van der Waals surface area contributed by atoms with Gasteiger partial charge in [0.25, 0.3) is 0 Å². The Morgan fingerprint density at radius 2 is 1.65 bits per heavy atom. The van der Waals surface area contributed by atoms with E-state index >= 15 is 0 Å². The lowest BCUT2D eigenvalue weighted by Gasteiger charge is -2.06. The third-order valence-electron chi connectivity index (χ3n) is 2.47. The fourth-order valence-corrected chi connectivity index (χ4v) is 1.80. The van der Waals surface area contributed by atoms with E-state index in [4.69, 9.17) is 4.74 Å². The van der Waals surface area contributed by atoms with Crippen LogP contribution in [0, 0.1) is 0 Å². The summed E-state index contributed by atoms with van der Waals surface area (Å²) in [6.07, 6.45) is 1.58. The molecule has 2 rings (SSSR count). The minimum absolute atomic E-state index is 0.327. The number of rotatable bonds is 3. The largest absolute Gasteiger partial charge is 0.465 e. The second-order valence-corrected chi connectivity index (χ2v) is 4.50. The Balaban J connectivity index is 2.14.